The first-order chi connectivity index (χ1) is 8.50. The molecule has 1 aromatic heterocycles. The number of aliphatic hydroxyl groups is 1. The third kappa shape index (κ3) is 4.46. The molecular weight excluding hydrogens is 240 g/mol. The first kappa shape index (κ1) is 14.0. The van der Waals surface area contributed by atoms with E-state index in [2.05, 4.69) is 5.32 Å². The van der Waals surface area contributed by atoms with E-state index in [1.165, 1.54) is 11.2 Å². The lowest BCUT2D eigenvalue weighted by Gasteiger charge is -2.16. The number of aliphatic hydroxyl groups excluding tert-OH is 1. The van der Waals surface area contributed by atoms with E-state index >= 15 is 0 Å². The largest absolute Gasteiger partial charge is 0.479 e. The van der Waals surface area contributed by atoms with E-state index in [0.29, 0.717) is 12.3 Å². The molecule has 1 aromatic rings. The summed E-state index contributed by atoms with van der Waals surface area (Å²) in [6.45, 7) is 0.412. The number of carboxylic acid groups (broad SMARTS) is 1. The quantitative estimate of drug-likeness (QED) is 0.677. The topological polar surface area (TPSA) is 103 Å². The van der Waals surface area contributed by atoms with E-state index in [0.717, 1.165) is 0 Å². The van der Waals surface area contributed by atoms with Gasteiger partial charge in [0.2, 0.25) is 0 Å². The average Bonchev–Trinajstić information content (AvgIpc) is 2.81. The van der Waals surface area contributed by atoms with Crippen LogP contribution in [0.15, 0.2) is 22.8 Å². The average molecular weight is 256 g/mol. The van der Waals surface area contributed by atoms with Gasteiger partial charge in [-0.1, -0.05) is 0 Å². The second-order valence-electron chi connectivity index (χ2n) is 3.81. The van der Waals surface area contributed by atoms with Gasteiger partial charge < -0.3 is 24.8 Å². The zero-order valence-electron chi connectivity index (χ0n) is 10.00. The van der Waals surface area contributed by atoms with E-state index in [4.69, 9.17) is 14.6 Å². The Morgan fingerprint density at radius 1 is 1.56 bits per heavy atom. The summed E-state index contributed by atoms with van der Waals surface area (Å²) in [6, 6.07) is 3.12. The summed E-state index contributed by atoms with van der Waals surface area (Å²) in [4.78, 5) is 23.3. The minimum Gasteiger partial charge on any atom is -0.479 e. The van der Waals surface area contributed by atoms with E-state index < -0.39 is 12.1 Å². The molecule has 1 rings (SSSR count). The molecule has 2 amide bonds. The SMILES string of the molecule is CN(Cc1ccco1)C(=O)NCCC(O)C(=O)O. The van der Waals surface area contributed by atoms with Gasteiger partial charge in [0.05, 0.1) is 12.8 Å². The Balaban J connectivity index is 2.26. The first-order valence-corrected chi connectivity index (χ1v) is 5.43. The van der Waals surface area contributed by atoms with Crippen molar-refractivity contribution in [2.24, 2.45) is 0 Å². The number of hydrogen-bond acceptors (Lipinski definition) is 4. The summed E-state index contributed by atoms with van der Waals surface area (Å²) in [5.41, 5.74) is 0. The molecule has 100 valence electrons. The minimum atomic E-state index is -1.46. The van der Waals surface area contributed by atoms with Crippen molar-refractivity contribution < 1.29 is 24.2 Å². The van der Waals surface area contributed by atoms with Crippen molar-refractivity contribution in [3.63, 3.8) is 0 Å². The number of nitrogens with one attached hydrogen (secondary N) is 1. The van der Waals surface area contributed by atoms with Gasteiger partial charge in [0.1, 0.15) is 5.76 Å². The van der Waals surface area contributed by atoms with Crippen LogP contribution < -0.4 is 5.32 Å². The molecule has 0 spiro atoms. The van der Waals surface area contributed by atoms with E-state index in [9.17, 15) is 9.59 Å². The summed E-state index contributed by atoms with van der Waals surface area (Å²) in [7, 11) is 1.59. The van der Waals surface area contributed by atoms with Crippen molar-refractivity contribution in [1.29, 1.82) is 0 Å². The fourth-order valence-electron chi connectivity index (χ4n) is 1.28. The number of carbonyl (C=O) groups is 2. The first-order valence-electron chi connectivity index (χ1n) is 5.43. The minimum absolute atomic E-state index is 0.0321. The number of hydrogen-bond donors (Lipinski definition) is 3. The maximum atomic E-state index is 11.6. The van der Waals surface area contributed by atoms with Crippen LogP contribution in [0.5, 0.6) is 0 Å². The Morgan fingerprint density at radius 3 is 2.83 bits per heavy atom. The molecule has 7 nitrogen and oxygen atoms in total. The van der Waals surface area contributed by atoms with Gasteiger partial charge in [-0.25, -0.2) is 9.59 Å². The molecule has 0 saturated carbocycles. The third-order valence-corrected chi connectivity index (χ3v) is 2.30. The van der Waals surface area contributed by atoms with Crippen molar-refractivity contribution in [3.8, 4) is 0 Å². The summed E-state index contributed by atoms with van der Waals surface area (Å²) in [5.74, 6) is -0.647. The van der Waals surface area contributed by atoms with Gasteiger partial charge in [-0.05, 0) is 12.1 Å². The number of carboxylic acids is 1. The molecule has 1 heterocycles. The Labute approximate surface area is 104 Å². The number of amides is 2. The lowest BCUT2D eigenvalue weighted by Crippen LogP contribution is -2.38. The number of carbonyl (C=O) groups excluding carboxylic acids is 1. The number of aliphatic carboxylic acids is 1. The fraction of sp³-hybridized carbons (Fsp3) is 0.455. The lowest BCUT2D eigenvalue weighted by molar-refractivity contribution is -0.146. The van der Waals surface area contributed by atoms with Gasteiger partial charge in [0.25, 0.3) is 0 Å². The molecule has 0 radical (unpaired) electrons. The van der Waals surface area contributed by atoms with Gasteiger partial charge in [-0.3, -0.25) is 0 Å². The van der Waals surface area contributed by atoms with Crippen molar-refractivity contribution in [2.75, 3.05) is 13.6 Å². The highest BCUT2D eigenvalue weighted by atomic mass is 16.4. The summed E-state index contributed by atoms with van der Waals surface area (Å²) >= 11 is 0. The second-order valence-corrected chi connectivity index (χ2v) is 3.81. The molecule has 0 fully saturated rings. The van der Waals surface area contributed by atoms with Crippen LogP contribution in [-0.4, -0.2) is 46.8 Å². The molecule has 1 unspecified atom stereocenters. The van der Waals surface area contributed by atoms with Gasteiger partial charge >= 0.3 is 12.0 Å². The highest BCUT2D eigenvalue weighted by Gasteiger charge is 2.14. The van der Waals surface area contributed by atoms with Crippen LogP contribution in [0.25, 0.3) is 0 Å². The monoisotopic (exact) mass is 256 g/mol. The zero-order chi connectivity index (χ0) is 13.5. The molecule has 1 atom stereocenters. The van der Waals surface area contributed by atoms with E-state index in [1.54, 1.807) is 19.2 Å². The number of rotatable bonds is 6. The highest BCUT2D eigenvalue weighted by molar-refractivity contribution is 5.74. The van der Waals surface area contributed by atoms with Crippen LogP contribution in [-0.2, 0) is 11.3 Å². The van der Waals surface area contributed by atoms with Crippen molar-refractivity contribution in [2.45, 2.75) is 19.1 Å². The molecular formula is C11H16N2O5. The Bertz CT molecular complexity index is 390. The maximum absolute atomic E-state index is 11.6. The smallest absolute Gasteiger partial charge is 0.332 e. The summed E-state index contributed by atoms with van der Waals surface area (Å²) in [6.07, 6.45) is 0.0284. The molecule has 0 aliphatic heterocycles. The lowest BCUT2D eigenvalue weighted by atomic mass is 10.2. The van der Waals surface area contributed by atoms with Crippen LogP contribution in [0, 0.1) is 0 Å². The van der Waals surface area contributed by atoms with E-state index in [-0.39, 0.29) is 19.0 Å². The molecule has 7 heteroatoms. The van der Waals surface area contributed by atoms with Crippen molar-refractivity contribution >= 4 is 12.0 Å². The van der Waals surface area contributed by atoms with Crippen LogP contribution >= 0.6 is 0 Å². The number of furan rings is 1. The fourth-order valence-corrected chi connectivity index (χ4v) is 1.28. The molecule has 0 aromatic carbocycles. The normalized spacial score (nSPS) is 11.9. The van der Waals surface area contributed by atoms with E-state index in [1.807, 2.05) is 0 Å². The highest BCUT2D eigenvalue weighted by Crippen LogP contribution is 2.03. The summed E-state index contributed by atoms with van der Waals surface area (Å²) in [5, 5.41) is 20.0. The number of nitrogens with zero attached hydrogens (tertiary/aromatic N) is 1. The molecule has 0 bridgehead atoms. The van der Waals surface area contributed by atoms with Gasteiger partial charge in [0, 0.05) is 20.0 Å². The third-order valence-electron chi connectivity index (χ3n) is 2.30. The number of urea groups is 1. The van der Waals surface area contributed by atoms with Crippen LogP contribution in [0.1, 0.15) is 12.2 Å². The molecule has 0 aliphatic rings. The molecule has 3 N–H and O–H groups in total. The predicted octanol–water partition coefficient (Wildman–Crippen LogP) is 0.257. The standard InChI is InChI=1S/C11H16N2O5/c1-13(7-8-3-2-6-18-8)11(17)12-5-4-9(14)10(15)16/h2-3,6,9,14H,4-5,7H2,1H3,(H,12,17)(H,15,16). The van der Waals surface area contributed by atoms with Crippen LogP contribution in [0.2, 0.25) is 0 Å². The Morgan fingerprint density at radius 2 is 2.28 bits per heavy atom. The second kappa shape index (κ2) is 6.65. The Kier molecular flexibility index (Phi) is 5.19. The molecule has 0 aliphatic carbocycles. The predicted molar refractivity (Wildman–Crippen MR) is 61.8 cm³/mol. The molecule has 18 heavy (non-hydrogen) atoms. The van der Waals surface area contributed by atoms with Crippen LogP contribution in [0.3, 0.4) is 0 Å². The van der Waals surface area contributed by atoms with Crippen molar-refractivity contribution in [1.82, 2.24) is 10.2 Å². The zero-order valence-corrected chi connectivity index (χ0v) is 10.00. The molecule has 0 saturated heterocycles. The van der Waals surface area contributed by atoms with Gasteiger partial charge in [-0.15, -0.1) is 0 Å². The van der Waals surface area contributed by atoms with Gasteiger partial charge in [-0.2, -0.15) is 0 Å². The van der Waals surface area contributed by atoms with Crippen LogP contribution in [0.4, 0.5) is 4.79 Å². The van der Waals surface area contributed by atoms with Crippen molar-refractivity contribution in [3.05, 3.63) is 24.2 Å². The summed E-state index contributed by atoms with van der Waals surface area (Å²) < 4.78 is 5.09. The Hall–Kier alpha value is -2.02. The van der Waals surface area contributed by atoms with Gasteiger partial charge in [0.15, 0.2) is 6.10 Å². The maximum Gasteiger partial charge on any atom is 0.332 e.